The third kappa shape index (κ3) is 3.39. The first-order valence-electron chi connectivity index (χ1n) is 4.61. The Morgan fingerprint density at radius 3 is 3.06 bits per heavy atom. The van der Waals surface area contributed by atoms with Gasteiger partial charge in [-0.15, -0.1) is 11.3 Å². The maximum Gasteiger partial charge on any atom is 0.205 e. The van der Waals surface area contributed by atoms with Crippen molar-refractivity contribution < 1.29 is 0 Å². The zero-order valence-electron chi connectivity index (χ0n) is 8.52. The van der Waals surface area contributed by atoms with E-state index < -0.39 is 0 Å². The Morgan fingerprint density at radius 1 is 1.53 bits per heavy atom. The lowest BCUT2D eigenvalue weighted by Crippen LogP contribution is -1.93. The second kappa shape index (κ2) is 5.78. The number of nitrogens with two attached hydrogens (primary N) is 1. The van der Waals surface area contributed by atoms with Crippen LogP contribution in [0.25, 0.3) is 0 Å². The van der Waals surface area contributed by atoms with Gasteiger partial charge in [-0.05, 0) is 44.6 Å². The Balaban J connectivity index is 2.08. The van der Waals surface area contributed by atoms with Crippen LogP contribution in [0.3, 0.4) is 0 Å². The molecule has 88 valence electrons. The van der Waals surface area contributed by atoms with Crippen LogP contribution in [0.15, 0.2) is 33.2 Å². The first kappa shape index (κ1) is 12.8. The molecule has 0 amide bonds. The third-order valence-corrected chi connectivity index (χ3v) is 5.24. The van der Waals surface area contributed by atoms with Crippen molar-refractivity contribution in [2.24, 2.45) is 5.10 Å². The molecular formula is C10H8BrIN4S. The van der Waals surface area contributed by atoms with Crippen LogP contribution >= 0.6 is 49.9 Å². The van der Waals surface area contributed by atoms with Gasteiger partial charge in [0.1, 0.15) is 5.82 Å². The zero-order chi connectivity index (χ0) is 12.3. The van der Waals surface area contributed by atoms with Crippen LogP contribution in [0.2, 0.25) is 0 Å². The molecule has 0 saturated heterocycles. The number of hydrazone groups is 1. The zero-order valence-corrected chi connectivity index (χ0v) is 13.1. The molecule has 4 nitrogen and oxygen atoms in total. The average Bonchev–Trinajstić information content (AvgIpc) is 2.70. The van der Waals surface area contributed by atoms with Gasteiger partial charge in [0.05, 0.1) is 6.21 Å². The highest BCUT2D eigenvalue weighted by Gasteiger charge is 2.00. The molecule has 0 aliphatic rings. The lowest BCUT2D eigenvalue weighted by atomic mass is 10.2. The fourth-order valence-electron chi connectivity index (χ4n) is 1.11. The number of hydrogen-bond acceptors (Lipinski definition) is 5. The first-order valence-corrected chi connectivity index (χ1v) is 7.36. The largest absolute Gasteiger partial charge is 0.383 e. The second-order valence-electron chi connectivity index (χ2n) is 3.09. The minimum Gasteiger partial charge on any atom is -0.383 e. The molecule has 0 fully saturated rings. The molecule has 0 atom stereocenters. The third-order valence-electron chi connectivity index (χ3n) is 1.87. The van der Waals surface area contributed by atoms with Crippen molar-refractivity contribution in [2.75, 3.05) is 11.2 Å². The molecule has 0 saturated carbocycles. The van der Waals surface area contributed by atoms with E-state index in [9.17, 15) is 0 Å². The van der Waals surface area contributed by atoms with Crippen LogP contribution in [0, 0.1) is 3.57 Å². The Kier molecular flexibility index (Phi) is 4.35. The average molecular weight is 423 g/mol. The molecule has 0 radical (unpaired) electrons. The summed E-state index contributed by atoms with van der Waals surface area (Å²) in [5.41, 5.74) is 9.38. The van der Waals surface area contributed by atoms with E-state index in [1.54, 1.807) is 11.6 Å². The van der Waals surface area contributed by atoms with Crippen LogP contribution < -0.4 is 11.2 Å². The molecule has 1 aromatic carbocycles. The molecule has 7 heteroatoms. The molecule has 1 aromatic heterocycles. The SMILES string of the molecule is Nc1csc(NN=Cc2cccc(Br)c2I)n1. The molecule has 0 unspecified atom stereocenters. The number of nitrogens with zero attached hydrogens (tertiary/aromatic N) is 2. The summed E-state index contributed by atoms with van der Waals surface area (Å²) in [5, 5.41) is 6.57. The lowest BCUT2D eigenvalue weighted by Gasteiger charge is -2.00. The van der Waals surface area contributed by atoms with E-state index in [0.717, 1.165) is 13.6 Å². The van der Waals surface area contributed by atoms with Crippen LogP contribution in [0.1, 0.15) is 5.56 Å². The van der Waals surface area contributed by atoms with E-state index in [0.29, 0.717) is 10.9 Å². The van der Waals surface area contributed by atoms with E-state index in [-0.39, 0.29) is 0 Å². The maximum atomic E-state index is 5.51. The Hall–Kier alpha value is -0.670. The molecule has 1 heterocycles. The van der Waals surface area contributed by atoms with Crippen LogP contribution in [0.4, 0.5) is 10.9 Å². The highest BCUT2D eigenvalue weighted by atomic mass is 127. The summed E-state index contributed by atoms with van der Waals surface area (Å²) in [6.45, 7) is 0. The summed E-state index contributed by atoms with van der Waals surface area (Å²) in [6.07, 6.45) is 1.75. The number of halogens is 2. The molecule has 2 aromatic rings. The molecule has 0 aliphatic carbocycles. The standard InChI is InChI=1S/C10H8BrIN4S/c11-7-3-1-2-6(9(7)12)4-14-16-10-15-8(13)5-17-10/h1-5H,13H2,(H,15,16). The van der Waals surface area contributed by atoms with Gasteiger partial charge in [-0.2, -0.15) is 5.10 Å². The lowest BCUT2D eigenvalue weighted by molar-refractivity contribution is 1.29. The van der Waals surface area contributed by atoms with Gasteiger partial charge >= 0.3 is 0 Å². The van der Waals surface area contributed by atoms with E-state index in [4.69, 9.17) is 5.73 Å². The van der Waals surface area contributed by atoms with Gasteiger partial charge in [0, 0.05) is 19.0 Å². The quantitative estimate of drug-likeness (QED) is 0.451. The van der Waals surface area contributed by atoms with Crippen molar-refractivity contribution in [3.05, 3.63) is 37.2 Å². The molecular weight excluding hydrogens is 415 g/mol. The molecule has 2 rings (SSSR count). The number of aromatic nitrogens is 1. The fourth-order valence-corrected chi connectivity index (χ4v) is 2.54. The fraction of sp³-hybridized carbons (Fsp3) is 0. The molecule has 0 spiro atoms. The molecule has 0 aliphatic heterocycles. The van der Waals surface area contributed by atoms with Crippen molar-refractivity contribution in [1.82, 2.24) is 4.98 Å². The van der Waals surface area contributed by atoms with Crippen molar-refractivity contribution >= 4 is 67.0 Å². The number of rotatable bonds is 3. The predicted octanol–water partition coefficient (Wildman–Crippen LogP) is 3.54. The normalized spacial score (nSPS) is 10.9. The number of nitrogens with one attached hydrogen (secondary N) is 1. The van der Waals surface area contributed by atoms with Gasteiger partial charge in [-0.25, -0.2) is 4.98 Å². The summed E-state index contributed by atoms with van der Waals surface area (Å²) in [7, 11) is 0. The van der Waals surface area contributed by atoms with Gasteiger partial charge in [0.2, 0.25) is 5.13 Å². The van der Waals surface area contributed by atoms with E-state index in [2.05, 4.69) is 54.0 Å². The Labute approximate surface area is 125 Å². The Bertz CT molecular complexity index is 555. The molecule has 0 bridgehead atoms. The van der Waals surface area contributed by atoms with Crippen molar-refractivity contribution in [3.63, 3.8) is 0 Å². The minimum atomic E-state index is 0.504. The minimum absolute atomic E-state index is 0.504. The highest BCUT2D eigenvalue weighted by Crippen LogP contribution is 2.21. The van der Waals surface area contributed by atoms with Gasteiger partial charge < -0.3 is 5.73 Å². The summed E-state index contributed by atoms with van der Waals surface area (Å²) in [6, 6.07) is 5.96. The van der Waals surface area contributed by atoms with Crippen LogP contribution in [-0.4, -0.2) is 11.2 Å². The van der Waals surface area contributed by atoms with E-state index >= 15 is 0 Å². The van der Waals surface area contributed by atoms with Gasteiger partial charge in [-0.3, -0.25) is 5.43 Å². The van der Waals surface area contributed by atoms with Crippen molar-refractivity contribution in [3.8, 4) is 0 Å². The van der Waals surface area contributed by atoms with Crippen LogP contribution in [-0.2, 0) is 0 Å². The van der Waals surface area contributed by atoms with Crippen molar-refractivity contribution in [1.29, 1.82) is 0 Å². The van der Waals surface area contributed by atoms with Crippen molar-refractivity contribution in [2.45, 2.75) is 0 Å². The smallest absolute Gasteiger partial charge is 0.205 e. The molecule has 17 heavy (non-hydrogen) atoms. The maximum absolute atomic E-state index is 5.51. The summed E-state index contributed by atoms with van der Waals surface area (Å²) < 4.78 is 2.18. The van der Waals surface area contributed by atoms with Crippen LogP contribution in [0.5, 0.6) is 0 Å². The van der Waals surface area contributed by atoms with E-state index in [1.165, 1.54) is 11.3 Å². The van der Waals surface area contributed by atoms with Gasteiger partial charge in [0.15, 0.2) is 0 Å². The second-order valence-corrected chi connectivity index (χ2v) is 5.88. The van der Waals surface area contributed by atoms with Gasteiger partial charge in [0.25, 0.3) is 0 Å². The number of nitrogen functional groups attached to an aromatic ring is 1. The number of anilines is 2. The van der Waals surface area contributed by atoms with E-state index in [1.807, 2.05) is 18.2 Å². The highest BCUT2D eigenvalue weighted by molar-refractivity contribution is 14.1. The summed E-state index contributed by atoms with van der Waals surface area (Å²) >= 11 is 7.15. The first-order chi connectivity index (χ1) is 8.16. The topological polar surface area (TPSA) is 63.3 Å². The number of hydrogen-bond donors (Lipinski definition) is 2. The molecule has 3 N–H and O–H groups in total. The summed E-state index contributed by atoms with van der Waals surface area (Å²) in [5.74, 6) is 0.504. The Morgan fingerprint density at radius 2 is 2.35 bits per heavy atom. The monoisotopic (exact) mass is 422 g/mol. The number of benzene rings is 1. The van der Waals surface area contributed by atoms with Gasteiger partial charge in [-0.1, -0.05) is 12.1 Å². The predicted molar refractivity (Wildman–Crippen MR) is 84.6 cm³/mol. The summed E-state index contributed by atoms with van der Waals surface area (Å²) in [4.78, 5) is 4.04. The number of thiazole rings is 1.